The normalized spacial score (nSPS) is 19.5. The van der Waals surface area contributed by atoms with Crippen LogP contribution in [0.3, 0.4) is 0 Å². The van der Waals surface area contributed by atoms with Crippen molar-refractivity contribution in [3.05, 3.63) is 65.4 Å². The lowest BCUT2D eigenvalue weighted by Crippen LogP contribution is -2.46. The molecular formula is C23H26N2O3. The zero-order valence-corrected chi connectivity index (χ0v) is 16.3. The number of benzene rings is 2. The summed E-state index contributed by atoms with van der Waals surface area (Å²) in [6, 6.07) is 16.3. The van der Waals surface area contributed by atoms with Crippen LogP contribution >= 0.6 is 0 Å². The van der Waals surface area contributed by atoms with Crippen molar-refractivity contribution in [2.24, 2.45) is 0 Å². The maximum absolute atomic E-state index is 13.0. The van der Waals surface area contributed by atoms with Gasteiger partial charge in [-0.15, -0.1) is 0 Å². The molecule has 0 spiro atoms. The Balaban J connectivity index is 1.54. The summed E-state index contributed by atoms with van der Waals surface area (Å²) < 4.78 is 11.7. The summed E-state index contributed by atoms with van der Waals surface area (Å²) in [6.07, 6.45) is 1.88. The summed E-state index contributed by atoms with van der Waals surface area (Å²) in [7, 11) is 0. The van der Waals surface area contributed by atoms with Gasteiger partial charge in [0.15, 0.2) is 0 Å². The van der Waals surface area contributed by atoms with E-state index in [2.05, 4.69) is 17.6 Å². The minimum atomic E-state index is -0.0736. The van der Waals surface area contributed by atoms with Crippen LogP contribution < -0.4 is 15.4 Å². The van der Waals surface area contributed by atoms with Crippen LogP contribution in [0.25, 0.3) is 11.0 Å². The second kappa shape index (κ2) is 8.07. The third-order valence-electron chi connectivity index (χ3n) is 5.27. The van der Waals surface area contributed by atoms with Crippen LogP contribution in [0.1, 0.15) is 41.4 Å². The van der Waals surface area contributed by atoms with E-state index < -0.39 is 0 Å². The van der Waals surface area contributed by atoms with Crippen molar-refractivity contribution in [3.63, 3.8) is 0 Å². The van der Waals surface area contributed by atoms with E-state index in [0.29, 0.717) is 29.6 Å². The van der Waals surface area contributed by atoms with Crippen LogP contribution in [0.4, 0.5) is 0 Å². The first-order valence-corrected chi connectivity index (χ1v) is 9.84. The lowest BCUT2D eigenvalue weighted by molar-refractivity contribution is 0.0925. The molecule has 0 unspecified atom stereocenters. The molecule has 0 saturated carbocycles. The van der Waals surface area contributed by atoms with Crippen LogP contribution in [-0.4, -0.2) is 24.5 Å². The minimum absolute atomic E-state index is 0.0736. The fourth-order valence-corrected chi connectivity index (χ4v) is 3.83. The molecule has 2 N–H and O–H groups in total. The van der Waals surface area contributed by atoms with Gasteiger partial charge in [0.05, 0.1) is 5.56 Å². The summed E-state index contributed by atoms with van der Waals surface area (Å²) in [6.45, 7) is 5.39. The van der Waals surface area contributed by atoms with Crippen LogP contribution in [-0.2, 0) is 6.61 Å². The molecule has 3 aromatic rings. The third kappa shape index (κ3) is 4.04. The van der Waals surface area contributed by atoms with Gasteiger partial charge in [-0.2, -0.15) is 0 Å². The number of fused-ring (bicyclic) bond motifs is 1. The van der Waals surface area contributed by atoms with Crippen molar-refractivity contribution in [3.8, 4) is 5.75 Å². The van der Waals surface area contributed by atoms with Crippen molar-refractivity contribution in [1.29, 1.82) is 0 Å². The number of rotatable bonds is 5. The summed E-state index contributed by atoms with van der Waals surface area (Å²) in [5, 5.41) is 7.39. The molecule has 0 aliphatic carbocycles. The number of hydrogen-bond donors (Lipinski definition) is 2. The van der Waals surface area contributed by atoms with Gasteiger partial charge in [0.2, 0.25) is 0 Å². The molecule has 146 valence electrons. The van der Waals surface area contributed by atoms with Gasteiger partial charge in [0.25, 0.3) is 5.91 Å². The van der Waals surface area contributed by atoms with E-state index in [1.807, 2.05) is 55.5 Å². The first-order chi connectivity index (χ1) is 13.6. The van der Waals surface area contributed by atoms with Crippen molar-refractivity contribution in [2.45, 2.75) is 45.4 Å². The summed E-state index contributed by atoms with van der Waals surface area (Å²) in [5.74, 6) is 1.28. The van der Waals surface area contributed by atoms with Gasteiger partial charge in [-0.25, -0.2) is 0 Å². The molecule has 1 fully saturated rings. The van der Waals surface area contributed by atoms with Gasteiger partial charge in [-0.05, 0) is 57.0 Å². The molecule has 28 heavy (non-hydrogen) atoms. The average molecular weight is 378 g/mol. The number of carbonyl (C=O) groups excluding carboxylic acids is 1. The average Bonchev–Trinajstić information content (AvgIpc) is 3.02. The number of aryl methyl sites for hydroxylation is 1. The first kappa shape index (κ1) is 18.6. The van der Waals surface area contributed by atoms with Gasteiger partial charge < -0.3 is 19.8 Å². The van der Waals surface area contributed by atoms with E-state index in [4.69, 9.17) is 9.15 Å². The second-order valence-corrected chi connectivity index (χ2v) is 7.52. The van der Waals surface area contributed by atoms with Crippen LogP contribution in [0.15, 0.2) is 52.9 Å². The van der Waals surface area contributed by atoms with E-state index in [-0.39, 0.29) is 11.9 Å². The first-order valence-electron chi connectivity index (χ1n) is 9.84. The largest absolute Gasteiger partial charge is 0.489 e. The maximum atomic E-state index is 13.0. The van der Waals surface area contributed by atoms with Gasteiger partial charge in [-0.3, -0.25) is 4.79 Å². The predicted molar refractivity (Wildman–Crippen MR) is 110 cm³/mol. The monoisotopic (exact) mass is 378 g/mol. The zero-order valence-electron chi connectivity index (χ0n) is 16.3. The van der Waals surface area contributed by atoms with Crippen LogP contribution in [0.5, 0.6) is 5.75 Å². The predicted octanol–water partition coefficient (Wildman–Crippen LogP) is 4.19. The summed E-state index contributed by atoms with van der Waals surface area (Å²) in [4.78, 5) is 13.0. The number of hydrogen-bond acceptors (Lipinski definition) is 4. The Hall–Kier alpha value is -2.79. The number of amides is 1. The van der Waals surface area contributed by atoms with Gasteiger partial charge in [0.1, 0.15) is 23.7 Å². The SMILES string of the molecule is Cc1oc2ccc(OCc3ccccc3)cc2c1C(=O)N[C@@H]1CCN[C@@H](C)C1. The molecule has 0 bridgehead atoms. The Bertz CT molecular complexity index is 965. The van der Waals surface area contributed by atoms with Crippen LogP contribution in [0, 0.1) is 6.92 Å². The fraction of sp³-hybridized carbons (Fsp3) is 0.348. The highest BCUT2D eigenvalue weighted by Gasteiger charge is 2.24. The number of furan rings is 1. The number of piperidine rings is 1. The van der Waals surface area contributed by atoms with Crippen molar-refractivity contribution < 1.29 is 13.9 Å². The Morgan fingerprint density at radius 2 is 2.07 bits per heavy atom. The lowest BCUT2D eigenvalue weighted by atomic mass is 10.00. The zero-order chi connectivity index (χ0) is 19.5. The van der Waals surface area contributed by atoms with E-state index in [1.54, 1.807) is 0 Å². The third-order valence-corrected chi connectivity index (χ3v) is 5.27. The van der Waals surface area contributed by atoms with E-state index in [0.717, 1.165) is 36.1 Å². The van der Waals surface area contributed by atoms with Crippen LogP contribution in [0.2, 0.25) is 0 Å². The highest BCUT2D eigenvalue weighted by Crippen LogP contribution is 2.29. The van der Waals surface area contributed by atoms with Gasteiger partial charge >= 0.3 is 0 Å². The molecule has 2 atom stereocenters. The Morgan fingerprint density at radius 1 is 1.25 bits per heavy atom. The second-order valence-electron chi connectivity index (χ2n) is 7.52. The molecule has 5 nitrogen and oxygen atoms in total. The molecule has 1 aliphatic rings. The lowest BCUT2D eigenvalue weighted by Gasteiger charge is -2.28. The minimum Gasteiger partial charge on any atom is -0.489 e. The molecule has 1 saturated heterocycles. The molecule has 1 amide bonds. The molecule has 1 aromatic heterocycles. The number of carbonyl (C=O) groups is 1. The fourth-order valence-electron chi connectivity index (χ4n) is 3.83. The van der Waals surface area contributed by atoms with Crippen molar-refractivity contribution >= 4 is 16.9 Å². The Kier molecular flexibility index (Phi) is 5.35. The summed E-state index contributed by atoms with van der Waals surface area (Å²) in [5.41, 5.74) is 2.41. The Labute approximate surface area is 165 Å². The molecule has 5 heteroatoms. The molecule has 2 heterocycles. The van der Waals surface area contributed by atoms with E-state index in [9.17, 15) is 4.79 Å². The summed E-state index contributed by atoms with van der Waals surface area (Å²) >= 11 is 0. The molecular weight excluding hydrogens is 352 g/mol. The highest BCUT2D eigenvalue weighted by molar-refractivity contribution is 6.07. The van der Waals surface area contributed by atoms with E-state index in [1.165, 1.54) is 0 Å². The number of ether oxygens (including phenoxy) is 1. The van der Waals surface area contributed by atoms with Gasteiger partial charge in [-0.1, -0.05) is 30.3 Å². The molecule has 0 radical (unpaired) electrons. The topological polar surface area (TPSA) is 63.5 Å². The smallest absolute Gasteiger partial charge is 0.255 e. The molecule has 1 aliphatic heterocycles. The number of nitrogens with one attached hydrogen (secondary N) is 2. The van der Waals surface area contributed by atoms with E-state index >= 15 is 0 Å². The van der Waals surface area contributed by atoms with Crippen molar-refractivity contribution in [1.82, 2.24) is 10.6 Å². The highest BCUT2D eigenvalue weighted by atomic mass is 16.5. The molecule has 4 rings (SSSR count). The van der Waals surface area contributed by atoms with Crippen molar-refractivity contribution in [2.75, 3.05) is 6.54 Å². The maximum Gasteiger partial charge on any atom is 0.255 e. The quantitative estimate of drug-likeness (QED) is 0.699. The Morgan fingerprint density at radius 3 is 2.86 bits per heavy atom. The standard InChI is InChI=1S/C23H26N2O3/c1-15-12-18(10-11-24-15)25-23(26)22-16(2)28-21-9-8-19(13-20(21)22)27-14-17-6-4-3-5-7-17/h3-9,13,15,18,24H,10-12,14H2,1-2H3,(H,25,26)/t15-,18+/m0/s1. The molecule has 2 aromatic carbocycles. The van der Waals surface area contributed by atoms with Gasteiger partial charge in [0, 0.05) is 17.5 Å².